The van der Waals surface area contributed by atoms with E-state index < -0.39 is 15.9 Å². The molecule has 1 heterocycles. The second-order valence-corrected chi connectivity index (χ2v) is 8.69. The molecule has 0 aliphatic rings. The zero-order chi connectivity index (χ0) is 20.1. The second-order valence-electron chi connectivity index (χ2n) is 5.44. The fourth-order valence-electron chi connectivity index (χ4n) is 2.16. The maximum absolute atomic E-state index is 12.4. The van der Waals surface area contributed by atoms with Gasteiger partial charge in [-0.05, 0) is 29.8 Å². The highest BCUT2D eigenvalue weighted by molar-refractivity contribution is 7.94. The number of anilines is 2. The van der Waals surface area contributed by atoms with Crippen molar-refractivity contribution in [2.45, 2.75) is 10.8 Å². The molecule has 1 amide bonds. The van der Waals surface area contributed by atoms with Crippen LogP contribution in [0, 0.1) is 11.3 Å². The molecule has 0 fully saturated rings. The molecule has 0 aliphatic carbocycles. The molecule has 2 N–H and O–H groups in total. The molecule has 1 aromatic heterocycles. The third-order valence-corrected chi connectivity index (χ3v) is 6.38. The van der Waals surface area contributed by atoms with Gasteiger partial charge in [0.1, 0.15) is 0 Å². The largest absolute Gasteiger partial charge is 0.296 e. The van der Waals surface area contributed by atoms with Gasteiger partial charge in [-0.3, -0.25) is 14.8 Å². The van der Waals surface area contributed by atoms with Gasteiger partial charge in [-0.1, -0.05) is 47.2 Å². The van der Waals surface area contributed by atoms with Crippen molar-refractivity contribution in [3.8, 4) is 6.07 Å². The van der Waals surface area contributed by atoms with E-state index in [1.54, 1.807) is 42.5 Å². The lowest BCUT2D eigenvalue weighted by Crippen LogP contribution is -2.12. The molecule has 0 unspecified atom stereocenters. The molecule has 0 bridgehead atoms. The zero-order valence-electron chi connectivity index (χ0n) is 14.1. The molecule has 0 spiro atoms. The maximum Gasteiger partial charge on any atom is 0.291 e. The summed E-state index contributed by atoms with van der Waals surface area (Å²) in [4.78, 5) is 12.2. The van der Waals surface area contributed by atoms with Gasteiger partial charge < -0.3 is 0 Å². The minimum Gasteiger partial charge on any atom is -0.296 e. The molecule has 11 heteroatoms. The molecule has 0 saturated heterocycles. The van der Waals surface area contributed by atoms with Crippen molar-refractivity contribution in [1.82, 2.24) is 10.2 Å². The lowest BCUT2D eigenvalue weighted by atomic mass is 10.1. The summed E-state index contributed by atoms with van der Waals surface area (Å²) in [7, 11) is -3.97. The number of nitrogens with zero attached hydrogens (tertiary/aromatic N) is 3. The van der Waals surface area contributed by atoms with Crippen molar-refractivity contribution in [1.29, 1.82) is 5.26 Å². The van der Waals surface area contributed by atoms with Gasteiger partial charge in [-0.2, -0.15) is 13.7 Å². The van der Waals surface area contributed by atoms with E-state index in [0.717, 1.165) is 5.56 Å². The third-order valence-electron chi connectivity index (χ3n) is 3.46. The highest BCUT2D eigenvalue weighted by atomic mass is 35.5. The monoisotopic (exact) mass is 433 g/mol. The Hall–Kier alpha value is -3.00. The summed E-state index contributed by atoms with van der Waals surface area (Å²) in [5.41, 5.74) is 1.32. The number of carbonyl (C=O) groups is 1. The van der Waals surface area contributed by atoms with Crippen molar-refractivity contribution < 1.29 is 13.2 Å². The lowest BCUT2D eigenvalue weighted by Gasteiger charge is -2.05. The number of aromatic nitrogens is 2. The van der Waals surface area contributed by atoms with E-state index >= 15 is 0 Å². The van der Waals surface area contributed by atoms with Crippen molar-refractivity contribution in [2.75, 3.05) is 10.0 Å². The standard InChI is InChI=1S/C17H12ClN5O3S2/c18-14-4-2-1-3-13(14)15(24)20-16-21-22-17(27-16)28(25,26)23-12-7-5-11(6-8-12)9-10-19/h1-8,23H,9H2,(H,20,21,24). The summed E-state index contributed by atoms with van der Waals surface area (Å²) in [6.07, 6.45) is 0.234. The van der Waals surface area contributed by atoms with Crippen molar-refractivity contribution in [3.05, 3.63) is 64.7 Å². The van der Waals surface area contributed by atoms with Crippen LogP contribution in [0.4, 0.5) is 10.8 Å². The van der Waals surface area contributed by atoms with Crippen LogP contribution in [0.2, 0.25) is 5.02 Å². The van der Waals surface area contributed by atoms with Crippen LogP contribution in [-0.4, -0.2) is 24.5 Å². The molecule has 0 saturated carbocycles. The van der Waals surface area contributed by atoms with Crippen LogP contribution < -0.4 is 10.0 Å². The summed E-state index contributed by atoms with van der Waals surface area (Å²) in [6.45, 7) is 0. The molecule has 28 heavy (non-hydrogen) atoms. The fourth-order valence-corrected chi connectivity index (χ4v) is 4.34. The summed E-state index contributed by atoms with van der Waals surface area (Å²) in [5.74, 6) is -0.522. The first-order valence-corrected chi connectivity index (χ1v) is 10.4. The fraction of sp³-hybridized carbons (Fsp3) is 0.0588. The first kappa shape index (κ1) is 19.8. The Morgan fingerprint density at radius 2 is 1.86 bits per heavy atom. The number of sulfonamides is 1. The summed E-state index contributed by atoms with van der Waals surface area (Å²) in [6, 6.07) is 14.9. The number of nitrogens with one attached hydrogen (secondary N) is 2. The van der Waals surface area contributed by atoms with Gasteiger partial charge in [0.25, 0.3) is 20.3 Å². The van der Waals surface area contributed by atoms with Crippen LogP contribution in [-0.2, 0) is 16.4 Å². The number of rotatable bonds is 6. The first-order valence-electron chi connectivity index (χ1n) is 7.77. The normalized spacial score (nSPS) is 10.9. The van der Waals surface area contributed by atoms with Crippen molar-refractivity contribution in [3.63, 3.8) is 0 Å². The molecule has 3 aromatic rings. The van der Waals surface area contributed by atoms with Gasteiger partial charge >= 0.3 is 0 Å². The maximum atomic E-state index is 12.4. The number of benzene rings is 2. The molecular formula is C17H12ClN5O3S2. The number of halogens is 1. The van der Waals surface area contributed by atoms with E-state index in [0.29, 0.717) is 17.0 Å². The topological polar surface area (TPSA) is 125 Å². The number of hydrogen-bond donors (Lipinski definition) is 2. The average molecular weight is 434 g/mol. The zero-order valence-corrected chi connectivity index (χ0v) is 16.5. The second kappa shape index (κ2) is 8.35. The van der Waals surface area contributed by atoms with Crippen LogP contribution in [0.1, 0.15) is 15.9 Å². The van der Waals surface area contributed by atoms with Gasteiger partial charge in [0.2, 0.25) is 5.13 Å². The van der Waals surface area contributed by atoms with E-state index in [9.17, 15) is 13.2 Å². The Morgan fingerprint density at radius 3 is 2.54 bits per heavy atom. The Bertz CT molecular complexity index is 1150. The molecule has 142 valence electrons. The molecule has 0 atom stereocenters. The number of nitriles is 1. The highest BCUT2D eigenvalue weighted by Gasteiger charge is 2.21. The van der Waals surface area contributed by atoms with Crippen molar-refractivity contribution >= 4 is 49.7 Å². The van der Waals surface area contributed by atoms with Gasteiger partial charge in [0.15, 0.2) is 0 Å². The van der Waals surface area contributed by atoms with Crippen LogP contribution >= 0.6 is 22.9 Å². The number of carbonyl (C=O) groups excluding carboxylic acids is 1. The van der Waals surface area contributed by atoms with Crippen LogP contribution in [0.3, 0.4) is 0 Å². The highest BCUT2D eigenvalue weighted by Crippen LogP contribution is 2.24. The SMILES string of the molecule is N#CCc1ccc(NS(=O)(=O)c2nnc(NC(=O)c3ccccc3Cl)s2)cc1. The van der Waals surface area contributed by atoms with Gasteiger partial charge in [0.05, 0.1) is 23.1 Å². The molecule has 2 aromatic carbocycles. The lowest BCUT2D eigenvalue weighted by molar-refractivity contribution is 0.102. The van der Waals surface area contributed by atoms with E-state index in [1.807, 2.05) is 6.07 Å². The Morgan fingerprint density at radius 1 is 1.14 bits per heavy atom. The molecule has 0 radical (unpaired) electrons. The van der Waals surface area contributed by atoms with Crippen LogP contribution in [0.15, 0.2) is 52.9 Å². The average Bonchev–Trinajstić information content (AvgIpc) is 3.13. The minimum atomic E-state index is -3.97. The predicted molar refractivity (Wildman–Crippen MR) is 106 cm³/mol. The number of amides is 1. The summed E-state index contributed by atoms with van der Waals surface area (Å²) >= 11 is 6.68. The third kappa shape index (κ3) is 4.64. The van der Waals surface area contributed by atoms with Crippen LogP contribution in [0.5, 0.6) is 0 Å². The van der Waals surface area contributed by atoms with E-state index in [2.05, 4.69) is 20.2 Å². The Kier molecular flexibility index (Phi) is 5.89. The predicted octanol–water partition coefficient (Wildman–Crippen LogP) is 3.31. The molecule has 0 aliphatic heterocycles. The minimum absolute atomic E-state index is 0.0228. The number of hydrogen-bond acceptors (Lipinski definition) is 7. The van der Waals surface area contributed by atoms with Crippen molar-refractivity contribution in [2.24, 2.45) is 0 Å². The quantitative estimate of drug-likeness (QED) is 0.574. The molecule has 3 rings (SSSR count). The first-order chi connectivity index (χ1) is 13.4. The summed E-state index contributed by atoms with van der Waals surface area (Å²) < 4.78 is 27.0. The van der Waals surface area contributed by atoms with E-state index in [4.69, 9.17) is 16.9 Å². The molecular weight excluding hydrogens is 422 g/mol. The summed E-state index contributed by atoms with van der Waals surface area (Å²) in [5, 5.41) is 18.7. The molecule has 8 nitrogen and oxygen atoms in total. The van der Waals surface area contributed by atoms with E-state index in [-0.39, 0.29) is 26.5 Å². The Labute approximate surface area is 169 Å². The Balaban J connectivity index is 1.72. The van der Waals surface area contributed by atoms with Gasteiger partial charge in [-0.25, -0.2) is 0 Å². The van der Waals surface area contributed by atoms with Crippen LogP contribution in [0.25, 0.3) is 0 Å². The van der Waals surface area contributed by atoms with Gasteiger partial charge in [0, 0.05) is 5.69 Å². The van der Waals surface area contributed by atoms with E-state index in [1.165, 1.54) is 6.07 Å². The van der Waals surface area contributed by atoms with Gasteiger partial charge in [-0.15, -0.1) is 10.2 Å². The smallest absolute Gasteiger partial charge is 0.291 e.